The van der Waals surface area contributed by atoms with Crippen LogP contribution in [0.1, 0.15) is 13.8 Å². The zero-order valence-electron chi connectivity index (χ0n) is 7.06. The van der Waals surface area contributed by atoms with E-state index in [0.29, 0.717) is 0 Å². The van der Waals surface area contributed by atoms with Crippen LogP contribution in [0.2, 0.25) is 0 Å². The molecule has 2 atom stereocenters. The highest BCUT2D eigenvalue weighted by Crippen LogP contribution is 2.07. The minimum absolute atomic E-state index is 0.00162. The maximum Gasteiger partial charge on any atom is 0.136 e. The molecule has 0 fully saturated rings. The molecule has 0 heterocycles. The molecule has 0 amide bonds. The molecule has 0 aliphatic carbocycles. The van der Waals surface area contributed by atoms with Crippen molar-refractivity contribution in [3.63, 3.8) is 0 Å². The molecule has 0 saturated heterocycles. The molecule has 12 heavy (non-hydrogen) atoms. The molecule has 0 aliphatic heterocycles. The van der Waals surface area contributed by atoms with Gasteiger partial charge in [0.05, 0.1) is 11.8 Å². The number of halogens is 2. The lowest BCUT2D eigenvalue weighted by atomic mass is 10.1. The van der Waals surface area contributed by atoms with Gasteiger partial charge in [0.1, 0.15) is 11.2 Å². The van der Waals surface area contributed by atoms with Crippen molar-refractivity contribution in [2.75, 3.05) is 11.8 Å². The van der Waals surface area contributed by atoms with Gasteiger partial charge in [0.25, 0.3) is 0 Å². The Morgan fingerprint density at radius 3 is 1.42 bits per heavy atom. The van der Waals surface area contributed by atoms with Crippen LogP contribution in [0.3, 0.4) is 0 Å². The summed E-state index contributed by atoms with van der Waals surface area (Å²) in [7, 11) is 0. The first-order valence-corrected chi connectivity index (χ1v) is 4.51. The van der Waals surface area contributed by atoms with Crippen LogP contribution in [0, 0.1) is 11.8 Å². The molecule has 0 aliphatic rings. The fourth-order valence-corrected chi connectivity index (χ4v) is 0.470. The largest absolute Gasteiger partial charge is 0.377 e. The molecular formula is C8H12Cl2O2. The Kier molecular flexibility index (Phi) is 4.36. The summed E-state index contributed by atoms with van der Waals surface area (Å²) in [4.78, 5) is 0. The molecule has 2 nitrogen and oxygen atoms in total. The lowest BCUT2D eigenvalue weighted by molar-refractivity contribution is 0.135. The highest BCUT2D eigenvalue weighted by Gasteiger charge is 2.18. The van der Waals surface area contributed by atoms with Crippen molar-refractivity contribution >= 4 is 23.2 Å². The van der Waals surface area contributed by atoms with Gasteiger partial charge in [-0.2, -0.15) is 0 Å². The van der Waals surface area contributed by atoms with Crippen LogP contribution in [-0.2, 0) is 0 Å². The van der Waals surface area contributed by atoms with Crippen LogP contribution in [0.25, 0.3) is 0 Å². The van der Waals surface area contributed by atoms with Crippen LogP contribution < -0.4 is 0 Å². The molecule has 0 aromatic carbocycles. The monoisotopic (exact) mass is 210 g/mol. The van der Waals surface area contributed by atoms with E-state index in [0.717, 1.165) is 0 Å². The van der Waals surface area contributed by atoms with Gasteiger partial charge in [-0.1, -0.05) is 11.8 Å². The predicted octanol–water partition coefficient (Wildman–Crippen LogP) is 0.969. The number of alkyl halides is 2. The maximum atomic E-state index is 9.32. The third-order valence-electron chi connectivity index (χ3n) is 1.12. The fourth-order valence-electron chi connectivity index (χ4n) is 0.336. The van der Waals surface area contributed by atoms with Gasteiger partial charge < -0.3 is 10.2 Å². The second kappa shape index (κ2) is 4.34. The summed E-state index contributed by atoms with van der Waals surface area (Å²) in [5, 5.41) is 18.6. The van der Waals surface area contributed by atoms with Gasteiger partial charge in [-0.15, -0.1) is 23.2 Å². The second-order valence-electron chi connectivity index (χ2n) is 3.06. The van der Waals surface area contributed by atoms with Gasteiger partial charge >= 0.3 is 0 Å². The molecule has 0 aromatic heterocycles. The molecule has 0 rings (SSSR count). The Labute approximate surface area is 82.5 Å². The lowest BCUT2D eigenvalue weighted by Crippen LogP contribution is -2.28. The molecule has 2 N–H and O–H groups in total. The topological polar surface area (TPSA) is 40.5 Å². The second-order valence-corrected chi connectivity index (χ2v) is 3.60. The Morgan fingerprint density at radius 1 is 1.00 bits per heavy atom. The molecule has 0 spiro atoms. The van der Waals surface area contributed by atoms with E-state index in [1.54, 1.807) is 0 Å². The van der Waals surface area contributed by atoms with Crippen LogP contribution >= 0.6 is 23.2 Å². The standard InChI is InChI=1S/C8H12Cl2O2/c1-7(11,5-9)3-4-8(2,12)6-10/h11-12H,5-6H2,1-2H3. The molecule has 0 saturated carbocycles. The van der Waals surface area contributed by atoms with Gasteiger partial charge in [-0.3, -0.25) is 0 Å². The molecule has 0 bridgehead atoms. The first kappa shape index (κ1) is 12.1. The normalized spacial score (nSPS) is 20.2. The van der Waals surface area contributed by atoms with E-state index in [9.17, 15) is 10.2 Å². The number of aliphatic hydroxyl groups is 2. The first-order valence-electron chi connectivity index (χ1n) is 3.44. The molecule has 0 radical (unpaired) electrons. The summed E-state index contributed by atoms with van der Waals surface area (Å²) in [6.45, 7) is 2.94. The summed E-state index contributed by atoms with van der Waals surface area (Å²) in [5.41, 5.74) is -2.53. The molecular weight excluding hydrogens is 199 g/mol. The Hall–Kier alpha value is 0.0600. The van der Waals surface area contributed by atoms with Crippen molar-refractivity contribution in [2.45, 2.75) is 25.0 Å². The average molecular weight is 211 g/mol. The van der Waals surface area contributed by atoms with Crippen molar-refractivity contribution in [3.8, 4) is 11.8 Å². The maximum absolute atomic E-state index is 9.32. The van der Waals surface area contributed by atoms with Crippen molar-refractivity contribution in [2.24, 2.45) is 0 Å². The molecule has 4 heteroatoms. The quantitative estimate of drug-likeness (QED) is 0.527. The Bertz CT molecular complexity index is 181. The molecule has 0 aromatic rings. The zero-order chi connectivity index (χ0) is 9.83. The van der Waals surface area contributed by atoms with Crippen molar-refractivity contribution < 1.29 is 10.2 Å². The zero-order valence-corrected chi connectivity index (χ0v) is 8.58. The van der Waals surface area contributed by atoms with Crippen molar-refractivity contribution in [3.05, 3.63) is 0 Å². The van der Waals surface area contributed by atoms with Crippen LogP contribution in [0.5, 0.6) is 0 Å². The van der Waals surface area contributed by atoms with Crippen molar-refractivity contribution in [1.29, 1.82) is 0 Å². The molecule has 2 unspecified atom stereocenters. The van der Waals surface area contributed by atoms with Gasteiger partial charge in [0, 0.05) is 0 Å². The third kappa shape index (κ3) is 4.84. The minimum atomic E-state index is -1.27. The highest BCUT2D eigenvalue weighted by atomic mass is 35.5. The van der Waals surface area contributed by atoms with E-state index >= 15 is 0 Å². The lowest BCUT2D eigenvalue weighted by Gasteiger charge is -2.15. The number of hydrogen-bond donors (Lipinski definition) is 2. The average Bonchev–Trinajstić information content (AvgIpc) is 2.02. The third-order valence-corrected chi connectivity index (χ3v) is 2.16. The highest BCUT2D eigenvalue weighted by molar-refractivity contribution is 6.19. The number of rotatable bonds is 2. The summed E-state index contributed by atoms with van der Waals surface area (Å²) < 4.78 is 0. The Morgan fingerprint density at radius 2 is 1.25 bits per heavy atom. The SMILES string of the molecule is CC(O)(C#CC(C)(O)CCl)CCl. The first-order chi connectivity index (χ1) is 5.33. The van der Waals surface area contributed by atoms with E-state index in [1.807, 2.05) is 0 Å². The van der Waals surface area contributed by atoms with E-state index in [-0.39, 0.29) is 11.8 Å². The minimum Gasteiger partial charge on any atom is -0.377 e. The summed E-state index contributed by atoms with van der Waals surface area (Å²) >= 11 is 10.8. The van der Waals surface area contributed by atoms with Crippen LogP contribution in [-0.4, -0.2) is 33.2 Å². The summed E-state index contributed by atoms with van der Waals surface area (Å²) in [5.74, 6) is 4.87. The fraction of sp³-hybridized carbons (Fsp3) is 0.750. The smallest absolute Gasteiger partial charge is 0.136 e. The van der Waals surface area contributed by atoms with Crippen molar-refractivity contribution in [1.82, 2.24) is 0 Å². The van der Waals surface area contributed by atoms with Gasteiger partial charge in [0.2, 0.25) is 0 Å². The van der Waals surface area contributed by atoms with E-state index in [2.05, 4.69) is 11.8 Å². The van der Waals surface area contributed by atoms with E-state index < -0.39 is 11.2 Å². The van der Waals surface area contributed by atoms with Gasteiger partial charge in [-0.25, -0.2) is 0 Å². The van der Waals surface area contributed by atoms with E-state index in [1.165, 1.54) is 13.8 Å². The van der Waals surface area contributed by atoms with Crippen LogP contribution in [0.4, 0.5) is 0 Å². The Balaban J connectivity index is 4.39. The van der Waals surface area contributed by atoms with Crippen LogP contribution in [0.15, 0.2) is 0 Å². The van der Waals surface area contributed by atoms with Gasteiger partial charge in [-0.05, 0) is 13.8 Å². The predicted molar refractivity (Wildman–Crippen MR) is 50.5 cm³/mol. The summed E-state index contributed by atoms with van der Waals surface area (Å²) in [6, 6.07) is 0. The van der Waals surface area contributed by atoms with E-state index in [4.69, 9.17) is 23.2 Å². The molecule has 70 valence electrons. The number of hydrogen-bond acceptors (Lipinski definition) is 2. The van der Waals surface area contributed by atoms with Gasteiger partial charge in [0.15, 0.2) is 0 Å². The summed E-state index contributed by atoms with van der Waals surface area (Å²) in [6.07, 6.45) is 0.